The third kappa shape index (κ3) is 10.3. The molecule has 3 rings (SSSR count). The van der Waals surface area contributed by atoms with Crippen LogP contribution in [0.4, 0.5) is 0 Å². The third-order valence-corrected chi connectivity index (χ3v) is 6.53. The standard InChI is InChI=1S/C34H41ClO8/c1-5-11-31(36)42-25(20-38-17-7-3)22-40-33-27-13-9-10-14-28(27)34(30-19-24(35)15-16-29(30)33)41-23-26(21-39-18-8-4)43-32(37)12-6-2/h7-10,13-16,19,25-26H,3-6,11-12,17-18,20-23H2,1-2H3. The van der Waals surface area contributed by atoms with Crippen LogP contribution in [0.2, 0.25) is 5.02 Å². The van der Waals surface area contributed by atoms with Crippen molar-refractivity contribution in [2.75, 3.05) is 39.6 Å². The number of halogens is 1. The van der Waals surface area contributed by atoms with Crippen LogP contribution in [-0.4, -0.2) is 63.8 Å². The van der Waals surface area contributed by atoms with Gasteiger partial charge in [-0.2, -0.15) is 0 Å². The molecular formula is C34H41ClO8. The van der Waals surface area contributed by atoms with Crippen molar-refractivity contribution in [3.8, 4) is 11.5 Å². The second-order valence-corrected chi connectivity index (χ2v) is 10.3. The maximum atomic E-state index is 12.3. The molecule has 232 valence electrons. The molecule has 0 amide bonds. The molecule has 0 heterocycles. The maximum absolute atomic E-state index is 12.3. The van der Waals surface area contributed by atoms with Gasteiger partial charge in [0.1, 0.15) is 24.7 Å². The molecule has 43 heavy (non-hydrogen) atoms. The van der Waals surface area contributed by atoms with Gasteiger partial charge in [0.05, 0.1) is 26.4 Å². The minimum absolute atomic E-state index is 0.0640. The van der Waals surface area contributed by atoms with Crippen molar-refractivity contribution < 1.29 is 38.0 Å². The summed E-state index contributed by atoms with van der Waals surface area (Å²) in [5.74, 6) is 0.539. The van der Waals surface area contributed by atoms with Crippen LogP contribution in [-0.2, 0) is 28.5 Å². The van der Waals surface area contributed by atoms with Crippen LogP contribution < -0.4 is 9.47 Å². The third-order valence-electron chi connectivity index (χ3n) is 6.30. The minimum atomic E-state index is -0.628. The van der Waals surface area contributed by atoms with Crippen LogP contribution >= 0.6 is 11.6 Å². The Labute approximate surface area is 258 Å². The van der Waals surface area contributed by atoms with E-state index in [4.69, 9.17) is 40.0 Å². The van der Waals surface area contributed by atoms with Crippen molar-refractivity contribution >= 4 is 45.1 Å². The lowest BCUT2D eigenvalue weighted by Crippen LogP contribution is -2.30. The highest BCUT2D eigenvalue weighted by molar-refractivity contribution is 6.31. The fourth-order valence-electron chi connectivity index (χ4n) is 4.43. The molecule has 0 saturated carbocycles. The van der Waals surface area contributed by atoms with E-state index in [1.165, 1.54) is 0 Å². The molecule has 0 saturated heterocycles. The van der Waals surface area contributed by atoms with Crippen molar-refractivity contribution in [1.29, 1.82) is 0 Å². The van der Waals surface area contributed by atoms with E-state index in [-0.39, 0.29) is 38.4 Å². The summed E-state index contributed by atoms with van der Waals surface area (Å²) < 4.78 is 35.3. The van der Waals surface area contributed by atoms with E-state index in [0.717, 1.165) is 16.2 Å². The Kier molecular flexibility index (Phi) is 14.3. The van der Waals surface area contributed by atoms with Gasteiger partial charge in [-0.3, -0.25) is 9.59 Å². The number of ether oxygens (including phenoxy) is 6. The van der Waals surface area contributed by atoms with Gasteiger partial charge in [0, 0.05) is 39.4 Å². The topological polar surface area (TPSA) is 89.5 Å². The molecule has 2 atom stereocenters. The Morgan fingerprint density at radius 1 is 0.721 bits per heavy atom. The van der Waals surface area contributed by atoms with E-state index < -0.39 is 12.2 Å². The van der Waals surface area contributed by atoms with Crippen LogP contribution in [0.15, 0.2) is 67.8 Å². The first-order valence-corrected chi connectivity index (χ1v) is 14.9. The SMILES string of the molecule is C=CCOCC(COc1c2ccccc2c(OCC(COCC=C)OC(=O)CCC)c2cc(Cl)ccc12)OC(=O)CCC. The molecule has 0 aliphatic carbocycles. The number of esters is 2. The van der Waals surface area contributed by atoms with Gasteiger partial charge in [0.2, 0.25) is 0 Å². The number of fused-ring (bicyclic) bond motifs is 2. The minimum Gasteiger partial charge on any atom is -0.488 e. The highest BCUT2D eigenvalue weighted by Gasteiger charge is 2.22. The number of carbonyl (C=O) groups is 2. The second kappa shape index (κ2) is 18.2. The van der Waals surface area contributed by atoms with Gasteiger partial charge in [-0.1, -0.05) is 61.9 Å². The first kappa shape index (κ1) is 33.9. The monoisotopic (exact) mass is 612 g/mol. The summed E-state index contributed by atoms with van der Waals surface area (Å²) in [5.41, 5.74) is 0. The van der Waals surface area contributed by atoms with E-state index in [1.54, 1.807) is 18.2 Å². The lowest BCUT2D eigenvalue weighted by molar-refractivity contribution is -0.154. The normalized spacial score (nSPS) is 12.4. The summed E-state index contributed by atoms with van der Waals surface area (Å²) in [7, 11) is 0. The summed E-state index contributed by atoms with van der Waals surface area (Å²) in [4.78, 5) is 24.6. The van der Waals surface area contributed by atoms with Gasteiger partial charge >= 0.3 is 11.9 Å². The van der Waals surface area contributed by atoms with E-state index in [1.807, 2.05) is 50.2 Å². The summed E-state index contributed by atoms with van der Waals surface area (Å²) >= 11 is 6.45. The van der Waals surface area contributed by atoms with Gasteiger partial charge in [0.25, 0.3) is 0 Å². The second-order valence-electron chi connectivity index (χ2n) is 9.89. The smallest absolute Gasteiger partial charge is 0.306 e. The zero-order chi connectivity index (χ0) is 31.0. The van der Waals surface area contributed by atoms with Crippen molar-refractivity contribution in [1.82, 2.24) is 0 Å². The molecule has 8 nitrogen and oxygen atoms in total. The molecule has 0 N–H and O–H groups in total. The molecule has 0 aromatic heterocycles. The number of hydrogen-bond acceptors (Lipinski definition) is 8. The highest BCUT2D eigenvalue weighted by Crippen LogP contribution is 2.43. The number of benzene rings is 3. The maximum Gasteiger partial charge on any atom is 0.306 e. The molecule has 0 bridgehead atoms. The highest BCUT2D eigenvalue weighted by atomic mass is 35.5. The molecule has 0 spiro atoms. The largest absolute Gasteiger partial charge is 0.488 e. The molecule has 0 radical (unpaired) electrons. The summed E-state index contributed by atoms with van der Waals surface area (Å²) in [6.45, 7) is 12.3. The fraction of sp³-hybridized carbons (Fsp3) is 0.412. The zero-order valence-corrected chi connectivity index (χ0v) is 25.7. The van der Waals surface area contributed by atoms with E-state index in [2.05, 4.69) is 13.2 Å². The van der Waals surface area contributed by atoms with Crippen LogP contribution in [0.25, 0.3) is 21.5 Å². The van der Waals surface area contributed by atoms with Crippen molar-refractivity contribution in [2.24, 2.45) is 0 Å². The number of rotatable bonds is 20. The lowest BCUT2D eigenvalue weighted by atomic mass is 10.0. The van der Waals surface area contributed by atoms with E-state index in [9.17, 15) is 9.59 Å². The Morgan fingerprint density at radius 2 is 1.19 bits per heavy atom. The van der Waals surface area contributed by atoms with Crippen LogP contribution in [0.3, 0.4) is 0 Å². The predicted octanol–water partition coefficient (Wildman–Crippen LogP) is 7.23. The average Bonchev–Trinajstić information content (AvgIpc) is 2.98. The Morgan fingerprint density at radius 3 is 1.65 bits per heavy atom. The van der Waals surface area contributed by atoms with Crippen molar-refractivity contribution in [2.45, 2.75) is 51.7 Å². The summed E-state index contributed by atoms with van der Waals surface area (Å²) in [6.07, 6.45) is 3.98. The van der Waals surface area contributed by atoms with Gasteiger partial charge in [0.15, 0.2) is 12.2 Å². The average molecular weight is 613 g/mol. The number of hydrogen-bond donors (Lipinski definition) is 0. The van der Waals surface area contributed by atoms with Gasteiger partial charge < -0.3 is 28.4 Å². The Bertz CT molecular complexity index is 1370. The molecule has 0 aliphatic rings. The Balaban J connectivity index is 1.97. The fourth-order valence-corrected chi connectivity index (χ4v) is 4.60. The predicted molar refractivity (Wildman–Crippen MR) is 169 cm³/mol. The molecule has 2 unspecified atom stereocenters. The van der Waals surface area contributed by atoms with Gasteiger partial charge in [-0.25, -0.2) is 0 Å². The van der Waals surface area contributed by atoms with Crippen molar-refractivity contribution in [3.05, 3.63) is 72.8 Å². The lowest BCUT2D eigenvalue weighted by Gasteiger charge is -2.23. The Hall–Kier alpha value is -3.59. The molecule has 9 heteroatoms. The van der Waals surface area contributed by atoms with E-state index in [0.29, 0.717) is 60.8 Å². The van der Waals surface area contributed by atoms with Crippen LogP contribution in [0, 0.1) is 0 Å². The van der Waals surface area contributed by atoms with Crippen LogP contribution in [0.1, 0.15) is 39.5 Å². The van der Waals surface area contributed by atoms with Crippen molar-refractivity contribution in [3.63, 3.8) is 0 Å². The summed E-state index contributed by atoms with van der Waals surface area (Å²) in [6, 6.07) is 13.1. The van der Waals surface area contributed by atoms with Crippen LogP contribution in [0.5, 0.6) is 11.5 Å². The zero-order valence-electron chi connectivity index (χ0n) is 25.0. The number of carbonyl (C=O) groups excluding carboxylic acids is 2. The first-order valence-electron chi connectivity index (χ1n) is 14.6. The molecule has 0 aliphatic heterocycles. The van der Waals surface area contributed by atoms with E-state index >= 15 is 0 Å². The molecular weight excluding hydrogens is 572 g/mol. The molecule has 3 aromatic carbocycles. The molecule has 0 fully saturated rings. The quantitative estimate of drug-likeness (QED) is 0.0571. The van der Waals surface area contributed by atoms with Gasteiger partial charge in [-0.15, -0.1) is 13.2 Å². The molecule has 3 aromatic rings. The summed E-state index contributed by atoms with van der Waals surface area (Å²) in [5, 5.41) is 3.56. The van der Waals surface area contributed by atoms with Gasteiger partial charge in [-0.05, 0) is 31.0 Å². The first-order chi connectivity index (χ1) is 20.9.